The molecule has 0 atom stereocenters. The molecule has 2 heterocycles. The number of nitrogens with one attached hydrogen (secondary N) is 1. The molecule has 25 heavy (non-hydrogen) atoms. The lowest BCUT2D eigenvalue weighted by Gasteiger charge is -2.31. The van der Waals surface area contributed by atoms with Crippen LogP contribution in [-0.2, 0) is 7.05 Å². The quantitative estimate of drug-likeness (QED) is 0.877. The van der Waals surface area contributed by atoms with Crippen molar-refractivity contribution in [2.75, 3.05) is 26.2 Å². The first-order valence-electron chi connectivity index (χ1n) is 9.52. The monoisotopic (exact) mass is 342 g/mol. The molecule has 1 aliphatic heterocycles. The maximum atomic E-state index is 12.6. The summed E-state index contributed by atoms with van der Waals surface area (Å²) in [6.07, 6.45) is 4.89. The zero-order valence-corrected chi connectivity index (χ0v) is 15.7. The van der Waals surface area contributed by atoms with Gasteiger partial charge in [0.1, 0.15) is 0 Å². The van der Waals surface area contributed by atoms with Crippen LogP contribution in [0.1, 0.15) is 48.7 Å². The van der Waals surface area contributed by atoms with Gasteiger partial charge in [0.2, 0.25) is 0 Å². The lowest BCUT2D eigenvalue weighted by atomic mass is 9.96. The summed E-state index contributed by atoms with van der Waals surface area (Å²) in [7, 11) is 1.89. The highest BCUT2D eigenvalue weighted by Gasteiger charge is 2.21. The Kier molecular flexibility index (Phi) is 5.74. The molecule has 1 amide bonds. The van der Waals surface area contributed by atoms with Crippen molar-refractivity contribution in [3.05, 3.63) is 29.5 Å². The number of piperidine rings is 1. The molecule has 2 aromatic rings. The van der Waals surface area contributed by atoms with E-state index in [-0.39, 0.29) is 5.91 Å². The number of fused-ring (bicyclic) bond motifs is 1. The molecule has 1 N–H and O–H groups in total. The average molecular weight is 342 g/mol. The van der Waals surface area contributed by atoms with Crippen LogP contribution in [0.2, 0.25) is 0 Å². The van der Waals surface area contributed by atoms with Crippen molar-refractivity contribution >= 4 is 16.8 Å². The highest BCUT2D eigenvalue weighted by Crippen LogP contribution is 2.20. The van der Waals surface area contributed by atoms with Gasteiger partial charge in [-0.1, -0.05) is 25.0 Å². The summed E-state index contributed by atoms with van der Waals surface area (Å²) < 4.78 is 1.79. The number of hydrogen-bond acceptors (Lipinski definition) is 3. The number of likely N-dealkylation sites (tertiary alicyclic amines) is 1. The molecular formula is C20H30N4O. The third-order valence-corrected chi connectivity index (χ3v) is 5.31. The standard InChI is InChI=1S/C20H30N4O/c1-4-5-10-24-11-8-16(9-12-24)14-21-20(25)19-17-13-15(2)6-7-18(17)23(3)22-19/h6-7,13,16H,4-5,8-12,14H2,1-3H3,(H,21,25). The number of carbonyl (C=O) groups is 1. The molecule has 1 fully saturated rings. The van der Waals surface area contributed by atoms with Gasteiger partial charge in [0.25, 0.3) is 5.91 Å². The van der Waals surface area contributed by atoms with Crippen LogP contribution in [0.15, 0.2) is 18.2 Å². The fourth-order valence-electron chi connectivity index (χ4n) is 3.66. The Morgan fingerprint density at radius 2 is 2.08 bits per heavy atom. The summed E-state index contributed by atoms with van der Waals surface area (Å²) in [4.78, 5) is 15.2. The van der Waals surface area contributed by atoms with Gasteiger partial charge in [-0.15, -0.1) is 0 Å². The smallest absolute Gasteiger partial charge is 0.272 e. The molecule has 5 heteroatoms. The molecule has 0 bridgehead atoms. The van der Waals surface area contributed by atoms with Crippen molar-refractivity contribution in [2.24, 2.45) is 13.0 Å². The molecule has 0 spiro atoms. The lowest BCUT2D eigenvalue weighted by Crippen LogP contribution is -2.39. The van der Waals surface area contributed by atoms with Crippen molar-refractivity contribution < 1.29 is 4.79 Å². The molecule has 1 aliphatic rings. The van der Waals surface area contributed by atoms with E-state index in [0.29, 0.717) is 11.6 Å². The number of amides is 1. The Morgan fingerprint density at radius 3 is 2.80 bits per heavy atom. The van der Waals surface area contributed by atoms with Crippen LogP contribution in [-0.4, -0.2) is 46.8 Å². The van der Waals surface area contributed by atoms with Gasteiger partial charge >= 0.3 is 0 Å². The van der Waals surface area contributed by atoms with Crippen molar-refractivity contribution in [2.45, 2.75) is 39.5 Å². The van der Waals surface area contributed by atoms with Crippen LogP contribution in [0.4, 0.5) is 0 Å². The van der Waals surface area contributed by atoms with E-state index >= 15 is 0 Å². The molecule has 0 saturated carbocycles. The number of hydrogen-bond donors (Lipinski definition) is 1. The van der Waals surface area contributed by atoms with Crippen molar-refractivity contribution in [3.63, 3.8) is 0 Å². The fraction of sp³-hybridized carbons (Fsp3) is 0.600. The summed E-state index contributed by atoms with van der Waals surface area (Å²) >= 11 is 0. The molecule has 0 unspecified atom stereocenters. The van der Waals surface area contributed by atoms with Gasteiger partial charge in [-0.25, -0.2) is 0 Å². The first-order chi connectivity index (χ1) is 12.1. The van der Waals surface area contributed by atoms with E-state index in [9.17, 15) is 4.79 Å². The largest absolute Gasteiger partial charge is 0.350 e. The van der Waals surface area contributed by atoms with Gasteiger partial charge in [0.15, 0.2) is 5.69 Å². The fourth-order valence-corrected chi connectivity index (χ4v) is 3.66. The van der Waals surface area contributed by atoms with Gasteiger partial charge < -0.3 is 10.2 Å². The summed E-state index contributed by atoms with van der Waals surface area (Å²) in [6, 6.07) is 6.13. The van der Waals surface area contributed by atoms with Crippen LogP contribution in [0.3, 0.4) is 0 Å². The molecule has 136 valence electrons. The second-order valence-electron chi connectivity index (χ2n) is 7.34. The van der Waals surface area contributed by atoms with Crippen LogP contribution in [0, 0.1) is 12.8 Å². The SMILES string of the molecule is CCCCN1CCC(CNC(=O)c2nn(C)c3ccc(C)cc23)CC1. The lowest BCUT2D eigenvalue weighted by molar-refractivity contribution is 0.0932. The minimum absolute atomic E-state index is 0.0513. The number of unbranched alkanes of at least 4 members (excludes halogenated alkanes) is 1. The van der Waals surface area contributed by atoms with Crippen molar-refractivity contribution in [3.8, 4) is 0 Å². The number of aromatic nitrogens is 2. The predicted octanol–water partition coefficient (Wildman–Crippen LogP) is 3.12. The summed E-state index contributed by atoms with van der Waals surface area (Å²) in [6.45, 7) is 8.57. The minimum atomic E-state index is -0.0513. The van der Waals surface area contributed by atoms with E-state index in [1.807, 2.05) is 26.1 Å². The molecule has 1 aromatic heterocycles. The number of benzene rings is 1. The minimum Gasteiger partial charge on any atom is -0.350 e. The van der Waals surface area contributed by atoms with E-state index < -0.39 is 0 Å². The Bertz CT molecular complexity index is 729. The number of nitrogens with zero attached hydrogens (tertiary/aromatic N) is 3. The second-order valence-corrected chi connectivity index (χ2v) is 7.34. The van der Waals surface area contributed by atoms with Gasteiger partial charge in [-0.05, 0) is 63.9 Å². The van der Waals surface area contributed by atoms with E-state index in [1.165, 1.54) is 32.2 Å². The Morgan fingerprint density at radius 1 is 1.32 bits per heavy atom. The molecular weight excluding hydrogens is 312 g/mol. The highest BCUT2D eigenvalue weighted by atomic mass is 16.1. The Labute approximate surface area is 150 Å². The van der Waals surface area contributed by atoms with Gasteiger partial charge in [0.05, 0.1) is 5.52 Å². The molecule has 0 radical (unpaired) electrons. The zero-order valence-electron chi connectivity index (χ0n) is 15.7. The summed E-state index contributed by atoms with van der Waals surface area (Å²) in [5, 5.41) is 8.49. The van der Waals surface area contributed by atoms with Crippen LogP contribution in [0.25, 0.3) is 10.9 Å². The first-order valence-corrected chi connectivity index (χ1v) is 9.52. The first kappa shape index (κ1) is 17.9. The van der Waals surface area contributed by atoms with Crippen LogP contribution in [0.5, 0.6) is 0 Å². The average Bonchev–Trinajstić information content (AvgIpc) is 2.95. The zero-order chi connectivity index (χ0) is 17.8. The third kappa shape index (κ3) is 4.21. The van der Waals surface area contributed by atoms with Gasteiger partial charge in [-0.2, -0.15) is 5.10 Å². The summed E-state index contributed by atoms with van der Waals surface area (Å²) in [5.41, 5.74) is 2.69. The maximum absolute atomic E-state index is 12.6. The molecule has 0 aliphatic carbocycles. The number of aryl methyl sites for hydroxylation is 2. The van der Waals surface area contributed by atoms with Gasteiger partial charge in [-0.3, -0.25) is 9.48 Å². The van der Waals surface area contributed by atoms with Crippen LogP contribution >= 0.6 is 0 Å². The molecule has 1 aromatic carbocycles. The van der Waals surface area contributed by atoms with Crippen LogP contribution < -0.4 is 5.32 Å². The third-order valence-electron chi connectivity index (χ3n) is 5.31. The normalized spacial score (nSPS) is 16.4. The predicted molar refractivity (Wildman–Crippen MR) is 102 cm³/mol. The van der Waals surface area contributed by atoms with E-state index in [0.717, 1.165) is 36.1 Å². The summed E-state index contributed by atoms with van der Waals surface area (Å²) in [5.74, 6) is 0.531. The Balaban J connectivity index is 1.56. The van der Waals surface area contributed by atoms with Gasteiger partial charge in [0, 0.05) is 19.0 Å². The van der Waals surface area contributed by atoms with Crippen molar-refractivity contribution in [1.29, 1.82) is 0 Å². The van der Waals surface area contributed by atoms with E-state index in [2.05, 4.69) is 28.3 Å². The maximum Gasteiger partial charge on any atom is 0.272 e. The molecule has 1 saturated heterocycles. The number of carbonyl (C=O) groups excluding carboxylic acids is 1. The Hall–Kier alpha value is -1.88. The van der Waals surface area contributed by atoms with E-state index in [1.54, 1.807) is 4.68 Å². The topological polar surface area (TPSA) is 50.2 Å². The second kappa shape index (κ2) is 8.00. The molecule has 5 nitrogen and oxygen atoms in total. The number of rotatable bonds is 6. The van der Waals surface area contributed by atoms with E-state index in [4.69, 9.17) is 0 Å². The molecule has 3 rings (SSSR count). The highest BCUT2D eigenvalue weighted by molar-refractivity contribution is 6.05. The van der Waals surface area contributed by atoms with Crippen molar-refractivity contribution in [1.82, 2.24) is 20.0 Å².